The molecule has 0 N–H and O–H groups in total. The van der Waals surface area contributed by atoms with Crippen molar-refractivity contribution in [1.82, 2.24) is 14.9 Å². The van der Waals surface area contributed by atoms with Gasteiger partial charge in [0, 0.05) is 36.3 Å². The molecule has 120 valence electrons. The lowest BCUT2D eigenvalue weighted by Gasteiger charge is -2.26. The number of carbonyl (C=O) groups is 1. The molecule has 22 heavy (non-hydrogen) atoms. The first-order chi connectivity index (χ1) is 10.7. The Labute approximate surface area is 132 Å². The van der Waals surface area contributed by atoms with Crippen LogP contribution in [0.15, 0.2) is 12.4 Å². The molecule has 1 aliphatic carbocycles. The van der Waals surface area contributed by atoms with Crippen molar-refractivity contribution >= 4 is 5.91 Å². The Balaban J connectivity index is 1.63. The number of amides is 1. The summed E-state index contributed by atoms with van der Waals surface area (Å²) >= 11 is 0. The highest BCUT2D eigenvalue weighted by atomic mass is 16.5. The quantitative estimate of drug-likeness (QED) is 0.857. The topological polar surface area (TPSA) is 55.3 Å². The number of hydrogen-bond acceptors (Lipinski definition) is 4. The number of nitrogens with zero attached hydrogens (tertiary/aromatic N) is 3. The number of ether oxygens (including phenoxy) is 1. The van der Waals surface area contributed by atoms with Gasteiger partial charge in [-0.05, 0) is 32.3 Å². The van der Waals surface area contributed by atoms with E-state index in [0.717, 1.165) is 43.7 Å². The SMILES string of the molecule is Cc1cc(C[C@@H]2COCCN(C(=O)C3CCCC3)C2)ncn1. The minimum Gasteiger partial charge on any atom is -0.379 e. The van der Waals surface area contributed by atoms with Crippen LogP contribution in [0.2, 0.25) is 0 Å². The Morgan fingerprint density at radius 3 is 2.95 bits per heavy atom. The van der Waals surface area contributed by atoms with Crippen LogP contribution >= 0.6 is 0 Å². The van der Waals surface area contributed by atoms with E-state index in [-0.39, 0.29) is 5.92 Å². The van der Waals surface area contributed by atoms with Crippen molar-refractivity contribution < 1.29 is 9.53 Å². The van der Waals surface area contributed by atoms with Crippen molar-refractivity contribution in [2.24, 2.45) is 11.8 Å². The number of aryl methyl sites for hydroxylation is 1. The zero-order valence-corrected chi connectivity index (χ0v) is 13.3. The van der Waals surface area contributed by atoms with E-state index in [1.165, 1.54) is 12.8 Å². The molecule has 0 unspecified atom stereocenters. The minimum absolute atomic E-state index is 0.250. The summed E-state index contributed by atoms with van der Waals surface area (Å²) in [4.78, 5) is 23.2. The van der Waals surface area contributed by atoms with Gasteiger partial charge in [0.2, 0.25) is 5.91 Å². The van der Waals surface area contributed by atoms with Gasteiger partial charge in [0.1, 0.15) is 6.33 Å². The predicted octanol–water partition coefficient (Wildman–Crippen LogP) is 1.99. The summed E-state index contributed by atoms with van der Waals surface area (Å²) in [6, 6.07) is 2.02. The lowest BCUT2D eigenvalue weighted by molar-refractivity contribution is -0.135. The van der Waals surface area contributed by atoms with Crippen molar-refractivity contribution in [3.8, 4) is 0 Å². The van der Waals surface area contributed by atoms with E-state index in [2.05, 4.69) is 9.97 Å². The third kappa shape index (κ3) is 3.83. The largest absolute Gasteiger partial charge is 0.379 e. The average molecular weight is 303 g/mol. The van der Waals surface area contributed by atoms with Crippen molar-refractivity contribution in [2.45, 2.75) is 39.0 Å². The monoisotopic (exact) mass is 303 g/mol. The normalized spacial score (nSPS) is 23.5. The molecule has 1 atom stereocenters. The van der Waals surface area contributed by atoms with Crippen LogP contribution in [-0.4, -0.2) is 47.1 Å². The highest BCUT2D eigenvalue weighted by Crippen LogP contribution is 2.27. The zero-order chi connectivity index (χ0) is 15.4. The summed E-state index contributed by atoms with van der Waals surface area (Å²) in [5.41, 5.74) is 2.02. The van der Waals surface area contributed by atoms with Crippen LogP contribution < -0.4 is 0 Å². The van der Waals surface area contributed by atoms with E-state index in [0.29, 0.717) is 25.0 Å². The Hall–Kier alpha value is -1.49. The molecule has 2 heterocycles. The van der Waals surface area contributed by atoms with E-state index in [1.54, 1.807) is 6.33 Å². The van der Waals surface area contributed by atoms with Crippen LogP contribution in [0.3, 0.4) is 0 Å². The van der Waals surface area contributed by atoms with Gasteiger partial charge in [-0.3, -0.25) is 4.79 Å². The predicted molar refractivity (Wildman–Crippen MR) is 83.3 cm³/mol. The van der Waals surface area contributed by atoms with Gasteiger partial charge in [-0.2, -0.15) is 0 Å². The van der Waals surface area contributed by atoms with Gasteiger partial charge in [-0.1, -0.05) is 12.8 Å². The molecule has 0 spiro atoms. The number of rotatable bonds is 3. The second-order valence-electron chi connectivity index (χ2n) is 6.56. The molecule has 5 nitrogen and oxygen atoms in total. The van der Waals surface area contributed by atoms with Gasteiger partial charge >= 0.3 is 0 Å². The summed E-state index contributed by atoms with van der Waals surface area (Å²) in [5, 5.41) is 0. The second-order valence-corrected chi connectivity index (χ2v) is 6.56. The third-order valence-corrected chi connectivity index (χ3v) is 4.71. The maximum atomic E-state index is 12.7. The molecule has 1 amide bonds. The molecular formula is C17H25N3O2. The van der Waals surface area contributed by atoms with Crippen LogP contribution in [0.1, 0.15) is 37.1 Å². The first-order valence-corrected chi connectivity index (χ1v) is 8.36. The van der Waals surface area contributed by atoms with E-state index in [1.807, 2.05) is 17.9 Å². The highest BCUT2D eigenvalue weighted by molar-refractivity contribution is 5.79. The molecular weight excluding hydrogens is 278 g/mol. The van der Waals surface area contributed by atoms with Crippen LogP contribution in [-0.2, 0) is 16.0 Å². The highest BCUT2D eigenvalue weighted by Gasteiger charge is 2.30. The van der Waals surface area contributed by atoms with Crippen LogP contribution in [0.5, 0.6) is 0 Å². The van der Waals surface area contributed by atoms with Gasteiger partial charge in [0.15, 0.2) is 0 Å². The van der Waals surface area contributed by atoms with Crippen LogP contribution in [0, 0.1) is 18.8 Å². The van der Waals surface area contributed by atoms with Crippen molar-refractivity contribution in [3.05, 3.63) is 23.8 Å². The van der Waals surface area contributed by atoms with Gasteiger partial charge in [-0.25, -0.2) is 9.97 Å². The summed E-state index contributed by atoms with van der Waals surface area (Å²) in [6.45, 7) is 4.85. The molecule has 1 saturated carbocycles. The van der Waals surface area contributed by atoms with E-state index < -0.39 is 0 Å². The molecule has 3 rings (SSSR count). The lowest BCUT2D eigenvalue weighted by Crippen LogP contribution is -2.39. The van der Waals surface area contributed by atoms with Crippen LogP contribution in [0.4, 0.5) is 0 Å². The molecule has 2 fully saturated rings. The van der Waals surface area contributed by atoms with Crippen molar-refractivity contribution in [3.63, 3.8) is 0 Å². The molecule has 0 radical (unpaired) electrons. The molecule has 1 aliphatic heterocycles. The maximum absolute atomic E-state index is 12.7. The smallest absolute Gasteiger partial charge is 0.225 e. The van der Waals surface area contributed by atoms with E-state index in [9.17, 15) is 4.79 Å². The molecule has 0 bridgehead atoms. The first kappa shape index (κ1) is 15.4. The fourth-order valence-electron chi connectivity index (χ4n) is 3.55. The van der Waals surface area contributed by atoms with Gasteiger partial charge in [0.05, 0.1) is 13.2 Å². The number of carbonyl (C=O) groups excluding carboxylic acids is 1. The van der Waals surface area contributed by atoms with Crippen molar-refractivity contribution in [1.29, 1.82) is 0 Å². The maximum Gasteiger partial charge on any atom is 0.225 e. The standard InChI is InChI=1S/C17H25N3O2/c1-13-8-16(19-12-18-13)9-14-10-20(6-7-22-11-14)17(21)15-4-2-3-5-15/h8,12,14-15H,2-7,9-11H2,1H3/t14-/m0/s1. The average Bonchev–Trinajstić information content (AvgIpc) is 2.94. The zero-order valence-electron chi connectivity index (χ0n) is 13.3. The summed E-state index contributed by atoms with van der Waals surface area (Å²) in [6.07, 6.45) is 6.98. The first-order valence-electron chi connectivity index (χ1n) is 8.36. The van der Waals surface area contributed by atoms with Crippen LogP contribution in [0.25, 0.3) is 0 Å². The van der Waals surface area contributed by atoms with Crippen molar-refractivity contribution in [2.75, 3.05) is 26.3 Å². The summed E-state index contributed by atoms with van der Waals surface area (Å²) in [5.74, 6) is 0.911. The summed E-state index contributed by atoms with van der Waals surface area (Å²) in [7, 11) is 0. The Bertz CT molecular complexity index is 514. The molecule has 1 aromatic rings. The molecule has 1 aromatic heterocycles. The van der Waals surface area contributed by atoms with Gasteiger partial charge in [0.25, 0.3) is 0 Å². The number of aromatic nitrogens is 2. The number of hydrogen-bond donors (Lipinski definition) is 0. The molecule has 0 aromatic carbocycles. The minimum atomic E-state index is 0.250. The fraction of sp³-hybridized carbons (Fsp3) is 0.706. The van der Waals surface area contributed by atoms with E-state index >= 15 is 0 Å². The summed E-state index contributed by atoms with van der Waals surface area (Å²) < 4.78 is 5.72. The molecule has 2 aliphatic rings. The Kier molecular flexibility index (Phi) is 5.03. The molecule has 5 heteroatoms. The molecule has 1 saturated heterocycles. The Morgan fingerprint density at radius 2 is 2.18 bits per heavy atom. The van der Waals surface area contributed by atoms with E-state index in [4.69, 9.17) is 4.74 Å². The Morgan fingerprint density at radius 1 is 1.36 bits per heavy atom. The third-order valence-electron chi connectivity index (χ3n) is 4.71. The lowest BCUT2D eigenvalue weighted by atomic mass is 10.0. The second kappa shape index (κ2) is 7.18. The van der Waals surface area contributed by atoms with Gasteiger partial charge in [-0.15, -0.1) is 0 Å². The fourth-order valence-corrected chi connectivity index (χ4v) is 3.55. The van der Waals surface area contributed by atoms with Gasteiger partial charge < -0.3 is 9.64 Å².